The Bertz CT molecular complexity index is 444. The summed E-state index contributed by atoms with van der Waals surface area (Å²) in [5.41, 5.74) is 0.804. The van der Waals surface area contributed by atoms with Crippen molar-refractivity contribution in [2.45, 2.75) is 32.7 Å². The summed E-state index contributed by atoms with van der Waals surface area (Å²) >= 11 is 0. The minimum absolute atomic E-state index is 0.151. The Morgan fingerprint density at radius 2 is 1.95 bits per heavy atom. The van der Waals surface area contributed by atoms with Gasteiger partial charge in [-0.15, -0.1) is 0 Å². The maximum absolute atomic E-state index is 14.4. The Morgan fingerprint density at radius 3 is 2.52 bits per heavy atom. The van der Waals surface area contributed by atoms with Gasteiger partial charge in [-0.1, -0.05) is 19.9 Å². The van der Waals surface area contributed by atoms with Crippen LogP contribution in [0.4, 0.5) is 4.39 Å². The van der Waals surface area contributed by atoms with Crippen LogP contribution in [0, 0.1) is 11.7 Å². The lowest BCUT2D eigenvalue weighted by Crippen LogP contribution is -2.45. The molecular weight excluding hydrogens is 267 g/mol. The molecule has 0 aliphatic carbocycles. The number of halogens is 1. The van der Waals surface area contributed by atoms with Crippen LogP contribution in [0.5, 0.6) is 5.75 Å². The Morgan fingerprint density at radius 1 is 1.24 bits per heavy atom. The molecule has 0 radical (unpaired) electrons. The van der Waals surface area contributed by atoms with Crippen molar-refractivity contribution < 1.29 is 9.13 Å². The van der Waals surface area contributed by atoms with Gasteiger partial charge < -0.3 is 10.1 Å². The molecule has 1 aromatic carbocycles. The molecule has 21 heavy (non-hydrogen) atoms. The number of hydrogen-bond donors (Lipinski definition) is 1. The molecule has 0 bridgehead atoms. The summed E-state index contributed by atoms with van der Waals surface area (Å²) in [5.74, 6) is 1.07. The average Bonchev–Trinajstić information content (AvgIpc) is 2.49. The van der Waals surface area contributed by atoms with E-state index in [1.165, 1.54) is 6.07 Å². The third kappa shape index (κ3) is 4.42. The molecule has 1 saturated heterocycles. The maximum Gasteiger partial charge on any atom is 0.131 e. The predicted octanol–water partition coefficient (Wildman–Crippen LogP) is 3.22. The second kappa shape index (κ2) is 7.76. The van der Waals surface area contributed by atoms with E-state index in [1.807, 2.05) is 12.1 Å². The van der Waals surface area contributed by atoms with Gasteiger partial charge in [0.1, 0.15) is 11.6 Å². The average molecular weight is 294 g/mol. The molecule has 1 aromatic rings. The van der Waals surface area contributed by atoms with E-state index < -0.39 is 0 Å². The number of nitrogens with one attached hydrogen (secondary N) is 1. The number of rotatable bonds is 6. The quantitative estimate of drug-likeness (QED) is 0.872. The van der Waals surface area contributed by atoms with Crippen LogP contribution >= 0.6 is 0 Å². The lowest BCUT2D eigenvalue weighted by atomic mass is 9.95. The van der Waals surface area contributed by atoms with E-state index in [4.69, 9.17) is 4.74 Å². The molecule has 0 aromatic heterocycles. The second-order valence-electron chi connectivity index (χ2n) is 6.16. The molecule has 0 unspecified atom stereocenters. The van der Waals surface area contributed by atoms with E-state index in [1.54, 1.807) is 7.11 Å². The molecule has 0 amide bonds. The third-order valence-electron chi connectivity index (χ3n) is 4.18. The number of ether oxygens (including phenoxy) is 1. The Labute approximate surface area is 127 Å². The maximum atomic E-state index is 14.4. The number of piperazine rings is 1. The monoisotopic (exact) mass is 294 g/mol. The van der Waals surface area contributed by atoms with Crippen LogP contribution < -0.4 is 10.1 Å². The minimum Gasteiger partial charge on any atom is -0.497 e. The van der Waals surface area contributed by atoms with Gasteiger partial charge in [0, 0.05) is 43.9 Å². The van der Waals surface area contributed by atoms with Crippen molar-refractivity contribution in [3.63, 3.8) is 0 Å². The van der Waals surface area contributed by atoms with E-state index in [-0.39, 0.29) is 11.9 Å². The molecule has 1 heterocycles. The van der Waals surface area contributed by atoms with Crippen molar-refractivity contribution in [1.82, 2.24) is 10.2 Å². The van der Waals surface area contributed by atoms with Crippen molar-refractivity contribution in [1.29, 1.82) is 0 Å². The molecule has 1 aliphatic heterocycles. The third-order valence-corrected chi connectivity index (χ3v) is 4.18. The van der Waals surface area contributed by atoms with Crippen molar-refractivity contribution in [3.8, 4) is 5.75 Å². The van der Waals surface area contributed by atoms with Crippen LogP contribution in [-0.4, -0.2) is 38.2 Å². The highest BCUT2D eigenvalue weighted by atomic mass is 19.1. The highest BCUT2D eigenvalue weighted by Gasteiger charge is 2.24. The topological polar surface area (TPSA) is 24.5 Å². The van der Waals surface area contributed by atoms with Crippen LogP contribution in [0.1, 0.15) is 38.3 Å². The summed E-state index contributed by atoms with van der Waals surface area (Å²) < 4.78 is 19.6. The molecule has 1 atom stereocenters. The van der Waals surface area contributed by atoms with Gasteiger partial charge in [0.25, 0.3) is 0 Å². The van der Waals surface area contributed by atoms with Crippen LogP contribution in [0.2, 0.25) is 0 Å². The highest BCUT2D eigenvalue weighted by Crippen LogP contribution is 2.31. The normalized spacial score (nSPS) is 18.0. The Kier molecular flexibility index (Phi) is 6.00. The first-order valence-corrected chi connectivity index (χ1v) is 7.90. The smallest absolute Gasteiger partial charge is 0.131 e. The number of nitrogens with zero attached hydrogens (tertiary/aromatic N) is 1. The van der Waals surface area contributed by atoms with Crippen molar-refractivity contribution in [2.75, 3.05) is 33.3 Å². The van der Waals surface area contributed by atoms with Gasteiger partial charge in [0.2, 0.25) is 0 Å². The largest absolute Gasteiger partial charge is 0.497 e. The first kappa shape index (κ1) is 16.2. The van der Waals surface area contributed by atoms with Crippen LogP contribution in [0.25, 0.3) is 0 Å². The van der Waals surface area contributed by atoms with E-state index in [0.717, 1.165) is 44.6 Å². The van der Waals surface area contributed by atoms with Gasteiger partial charge in [0.15, 0.2) is 0 Å². The molecule has 0 saturated carbocycles. The summed E-state index contributed by atoms with van der Waals surface area (Å²) in [6.45, 7) is 8.37. The SMILES string of the molecule is COc1ccc([C@@H](CCC(C)C)N2CCNCC2)c(F)c1. The minimum atomic E-state index is -0.151. The van der Waals surface area contributed by atoms with Crippen LogP contribution in [0.3, 0.4) is 0 Å². The lowest BCUT2D eigenvalue weighted by molar-refractivity contribution is 0.156. The molecule has 2 rings (SSSR count). The van der Waals surface area contributed by atoms with E-state index >= 15 is 0 Å². The fourth-order valence-corrected chi connectivity index (χ4v) is 2.92. The first-order chi connectivity index (χ1) is 10.1. The molecule has 1 aliphatic rings. The predicted molar refractivity (Wildman–Crippen MR) is 84.2 cm³/mol. The van der Waals surface area contributed by atoms with Gasteiger partial charge in [0.05, 0.1) is 7.11 Å². The van der Waals surface area contributed by atoms with Gasteiger partial charge in [-0.25, -0.2) is 4.39 Å². The summed E-state index contributed by atoms with van der Waals surface area (Å²) in [5, 5.41) is 3.36. The summed E-state index contributed by atoms with van der Waals surface area (Å²) in [6.07, 6.45) is 2.11. The molecule has 3 nitrogen and oxygen atoms in total. The van der Waals surface area contributed by atoms with E-state index in [2.05, 4.69) is 24.1 Å². The molecule has 0 spiro atoms. The zero-order valence-electron chi connectivity index (χ0n) is 13.4. The van der Waals surface area contributed by atoms with Gasteiger partial charge in [-0.05, 0) is 24.8 Å². The van der Waals surface area contributed by atoms with Gasteiger partial charge >= 0.3 is 0 Å². The van der Waals surface area contributed by atoms with E-state index in [9.17, 15) is 4.39 Å². The molecule has 1 fully saturated rings. The zero-order valence-corrected chi connectivity index (χ0v) is 13.4. The number of benzene rings is 1. The summed E-state index contributed by atoms with van der Waals surface area (Å²) in [7, 11) is 1.57. The van der Waals surface area contributed by atoms with Gasteiger partial charge in [-0.2, -0.15) is 0 Å². The van der Waals surface area contributed by atoms with Gasteiger partial charge in [-0.3, -0.25) is 4.90 Å². The number of hydrogen-bond acceptors (Lipinski definition) is 3. The lowest BCUT2D eigenvalue weighted by Gasteiger charge is -2.36. The molecule has 1 N–H and O–H groups in total. The summed E-state index contributed by atoms with van der Waals surface area (Å²) in [6, 6.07) is 5.42. The standard InChI is InChI=1S/C17H27FN2O/c1-13(2)4-7-17(20-10-8-19-9-11-20)15-6-5-14(21-3)12-16(15)18/h5-6,12-13,17,19H,4,7-11H2,1-3H3/t17-/m1/s1. The fraction of sp³-hybridized carbons (Fsp3) is 0.647. The van der Waals surface area contributed by atoms with Crippen LogP contribution in [-0.2, 0) is 0 Å². The molecule has 4 heteroatoms. The fourth-order valence-electron chi connectivity index (χ4n) is 2.92. The molecular formula is C17H27FN2O. The Hall–Kier alpha value is -1.13. The summed E-state index contributed by atoms with van der Waals surface area (Å²) in [4.78, 5) is 2.41. The van der Waals surface area contributed by atoms with Crippen LogP contribution in [0.15, 0.2) is 18.2 Å². The van der Waals surface area contributed by atoms with Crippen molar-refractivity contribution in [2.24, 2.45) is 5.92 Å². The molecule has 118 valence electrons. The van der Waals surface area contributed by atoms with Crippen molar-refractivity contribution in [3.05, 3.63) is 29.6 Å². The Balaban J connectivity index is 2.20. The first-order valence-electron chi connectivity index (χ1n) is 7.90. The second-order valence-corrected chi connectivity index (χ2v) is 6.16. The highest BCUT2D eigenvalue weighted by molar-refractivity contribution is 5.31. The van der Waals surface area contributed by atoms with E-state index in [0.29, 0.717) is 11.7 Å². The van der Waals surface area contributed by atoms with Crippen molar-refractivity contribution >= 4 is 0 Å². The zero-order chi connectivity index (χ0) is 15.2. The number of methoxy groups -OCH3 is 1.